The molecule has 3 aromatic rings. The summed E-state index contributed by atoms with van der Waals surface area (Å²) in [5, 5.41) is 0. The smallest absolute Gasteiger partial charge is 0.493 e. The van der Waals surface area contributed by atoms with Gasteiger partial charge in [0.2, 0.25) is 0 Å². The first-order chi connectivity index (χ1) is 18.1. The van der Waals surface area contributed by atoms with Crippen LogP contribution in [0.25, 0.3) is 0 Å². The lowest BCUT2D eigenvalue weighted by Crippen LogP contribution is -2.39. The van der Waals surface area contributed by atoms with Gasteiger partial charge in [-0.2, -0.15) is 21.6 Å². The summed E-state index contributed by atoms with van der Waals surface area (Å²) in [7, 11) is -2.94. The number of methoxy groups -OCH3 is 2. The predicted molar refractivity (Wildman–Crippen MR) is 133 cm³/mol. The average molecular weight is 550 g/mol. The Labute approximate surface area is 218 Å². The molecule has 0 unspecified atom stereocenters. The minimum atomic E-state index is -5.83. The monoisotopic (exact) mass is 549 g/mol. The Hall–Kier alpha value is -3.44. The van der Waals surface area contributed by atoms with E-state index in [1.165, 1.54) is 13.2 Å². The number of nitrogens with zero attached hydrogens (tertiary/aromatic N) is 1. The molecule has 3 aromatic carbocycles. The molecular weight excluding hydrogens is 523 g/mol. The van der Waals surface area contributed by atoms with Crippen LogP contribution in [0.2, 0.25) is 0 Å². The van der Waals surface area contributed by atoms with Crippen LogP contribution in [0, 0.1) is 0 Å². The number of halogens is 3. The van der Waals surface area contributed by atoms with Crippen LogP contribution in [0.1, 0.15) is 33.9 Å². The Balaban J connectivity index is 1.46. The fourth-order valence-corrected chi connectivity index (χ4v) is 5.54. The Morgan fingerprint density at radius 2 is 1.71 bits per heavy atom. The summed E-state index contributed by atoms with van der Waals surface area (Å²) in [4.78, 5) is 2.20. The van der Waals surface area contributed by atoms with Gasteiger partial charge in [0.1, 0.15) is 6.61 Å². The lowest BCUT2D eigenvalue weighted by atomic mass is 9.83. The summed E-state index contributed by atoms with van der Waals surface area (Å²) in [6.07, 6.45) is 1.28. The van der Waals surface area contributed by atoms with Gasteiger partial charge in [0.25, 0.3) is 0 Å². The highest BCUT2D eigenvalue weighted by Crippen LogP contribution is 2.46. The summed E-state index contributed by atoms with van der Waals surface area (Å²) in [5.41, 5.74) is -0.840. The van der Waals surface area contributed by atoms with E-state index in [-0.39, 0.29) is 11.8 Å². The molecule has 7 nitrogen and oxygen atoms in total. The summed E-state index contributed by atoms with van der Waals surface area (Å²) in [6.45, 7) is 1.44. The molecule has 0 N–H and O–H groups in total. The van der Waals surface area contributed by atoms with Crippen LogP contribution in [-0.4, -0.2) is 39.6 Å². The van der Waals surface area contributed by atoms with Crippen LogP contribution in [0.4, 0.5) is 13.2 Å². The minimum Gasteiger partial charge on any atom is -0.493 e. The van der Waals surface area contributed by atoms with E-state index in [2.05, 4.69) is 9.08 Å². The molecule has 11 heteroatoms. The van der Waals surface area contributed by atoms with Gasteiger partial charge in [0.05, 0.1) is 14.2 Å². The van der Waals surface area contributed by atoms with Gasteiger partial charge in [0.15, 0.2) is 23.0 Å². The lowest BCUT2D eigenvalue weighted by Gasteiger charge is -2.42. The molecule has 38 heavy (non-hydrogen) atoms. The van der Waals surface area contributed by atoms with Gasteiger partial charge in [-0.15, -0.1) is 0 Å². The fraction of sp³-hybridized carbons (Fsp3) is 0.333. The van der Waals surface area contributed by atoms with Crippen molar-refractivity contribution in [2.24, 2.45) is 0 Å². The van der Waals surface area contributed by atoms with E-state index < -0.39 is 21.4 Å². The van der Waals surface area contributed by atoms with Gasteiger partial charge < -0.3 is 18.4 Å². The second-order valence-corrected chi connectivity index (χ2v) is 10.7. The van der Waals surface area contributed by atoms with E-state index >= 15 is 0 Å². The second-order valence-electron chi connectivity index (χ2n) is 9.13. The minimum absolute atomic E-state index is 0.00777. The standard InChI is InChI=1S/C27H26F3NO6S/c1-34-24-13-19-10-11-31-15-21-18(8-9-23(26(21)35-2)37-38(32,33)27(28,29)30)12-22(31)20(19)14-25(24)36-16-17-6-4-3-5-7-17/h3-9,13-14,22H,10-12,15-16H2,1-2H3/t22-/m0/s1. The molecule has 0 aliphatic carbocycles. The molecule has 2 heterocycles. The molecule has 0 aromatic heterocycles. The number of fused-ring (bicyclic) bond motifs is 4. The molecule has 0 spiro atoms. The molecule has 202 valence electrons. The third-order valence-electron chi connectivity index (χ3n) is 6.91. The predicted octanol–water partition coefficient (Wildman–Crippen LogP) is 5.17. The molecule has 0 radical (unpaired) electrons. The maximum atomic E-state index is 12.9. The van der Waals surface area contributed by atoms with Crippen molar-refractivity contribution in [3.8, 4) is 23.0 Å². The Kier molecular flexibility index (Phi) is 6.91. The largest absolute Gasteiger partial charge is 0.534 e. The summed E-state index contributed by atoms with van der Waals surface area (Å²) >= 11 is 0. The molecule has 2 aliphatic rings. The zero-order valence-corrected chi connectivity index (χ0v) is 21.6. The molecule has 0 saturated heterocycles. The van der Waals surface area contributed by atoms with Crippen molar-refractivity contribution in [1.82, 2.24) is 4.90 Å². The third kappa shape index (κ3) is 4.88. The van der Waals surface area contributed by atoms with Gasteiger partial charge in [0, 0.05) is 24.7 Å². The van der Waals surface area contributed by atoms with Gasteiger partial charge in [-0.05, 0) is 53.3 Å². The van der Waals surface area contributed by atoms with Crippen LogP contribution in [0.5, 0.6) is 23.0 Å². The zero-order valence-electron chi connectivity index (χ0n) is 20.7. The van der Waals surface area contributed by atoms with Gasteiger partial charge in [-0.3, -0.25) is 4.90 Å². The highest BCUT2D eigenvalue weighted by Gasteiger charge is 2.49. The Bertz CT molecular complexity index is 1440. The molecule has 0 bridgehead atoms. The quantitative estimate of drug-likeness (QED) is 0.298. The molecule has 0 fully saturated rings. The Morgan fingerprint density at radius 3 is 2.39 bits per heavy atom. The first-order valence-electron chi connectivity index (χ1n) is 11.9. The highest BCUT2D eigenvalue weighted by atomic mass is 32.2. The number of alkyl halides is 3. The van der Waals surface area contributed by atoms with E-state index in [1.807, 2.05) is 42.5 Å². The maximum Gasteiger partial charge on any atom is 0.534 e. The SMILES string of the molecule is COc1cc2c(cc1OCc1ccccc1)[C@@H]1Cc3ccc(OS(=O)(=O)C(F)(F)F)c(OC)c3CN1CC2. The maximum absolute atomic E-state index is 12.9. The second kappa shape index (κ2) is 10.0. The first kappa shape index (κ1) is 26.2. The molecular formula is C27H26F3NO6S. The van der Waals surface area contributed by atoms with Crippen molar-refractivity contribution in [3.63, 3.8) is 0 Å². The van der Waals surface area contributed by atoms with Crippen LogP contribution in [0.15, 0.2) is 54.6 Å². The van der Waals surface area contributed by atoms with E-state index in [4.69, 9.17) is 14.2 Å². The van der Waals surface area contributed by atoms with E-state index in [9.17, 15) is 21.6 Å². The molecule has 0 amide bonds. The summed E-state index contributed by atoms with van der Waals surface area (Å²) in [6, 6.07) is 16.6. The van der Waals surface area contributed by atoms with Gasteiger partial charge >= 0.3 is 15.6 Å². The normalized spacial score (nSPS) is 17.1. The third-order valence-corrected chi connectivity index (χ3v) is 7.88. The lowest BCUT2D eigenvalue weighted by molar-refractivity contribution is -0.0500. The van der Waals surface area contributed by atoms with Crippen molar-refractivity contribution in [3.05, 3.63) is 82.4 Å². The number of rotatable bonds is 7. The number of benzene rings is 3. The van der Waals surface area contributed by atoms with Gasteiger partial charge in [-0.1, -0.05) is 36.4 Å². The van der Waals surface area contributed by atoms with Crippen molar-refractivity contribution in [2.45, 2.75) is 37.5 Å². The first-order valence-corrected chi connectivity index (χ1v) is 13.3. The summed E-state index contributed by atoms with van der Waals surface area (Å²) < 4.78 is 83.5. The molecule has 0 saturated carbocycles. The average Bonchev–Trinajstić information content (AvgIpc) is 2.90. The number of hydrogen-bond acceptors (Lipinski definition) is 7. The molecule has 5 rings (SSSR count). The summed E-state index contributed by atoms with van der Waals surface area (Å²) in [5.74, 6) is 0.780. The van der Waals surface area contributed by atoms with E-state index in [0.29, 0.717) is 43.2 Å². The van der Waals surface area contributed by atoms with Crippen LogP contribution in [-0.2, 0) is 36.1 Å². The molecule has 1 atom stereocenters. The number of ether oxygens (including phenoxy) is 3. The van der Waals surface area contributed by atoms with Crippen molar-refractivity contribution in [1.29, 1.82) is 0 Å². The van der Waals surface area contributed by atoms with Crippen LogP contribution < -0.4 is 18.4 Å². The topological polar surface area (TPSA) is 74.3 Å². The van der Waals surface area contributed by atoms with Crippen LogP contribution in [0.3, 0.4) is 0 Å². The van der Waals surface area contributed by atoms with Crippen molar-refractivity contribution >= 4 is 10.1 Å². The van der Waals surface area contributed by atoms with E-state index in [1.54, 1.807) is 13.2 Å². The highest BCUT2D eigenvalue weighted by molar-refractivity contribution is 7.88. The van der Waals surface area contributed by atoms with Crippen molar-refractivity contribution < 1.29 is 40.0 Å². The fourth-order valence-electron chi connectivity index (χ4n) is 5.07. The Morgan fingerprint density at radius 1 is 0.947 bits per heavy atom. The zero-order chi connectivity index (χ0) is 27.1. The van der Waals surface area contributed by atoms with Gasteiger partial charge in [-0.25, -0.2) is 0 Å². The van der Waals surface area contributed by atoms with Crippen LogP contribution >= 0.6 is 0 Å². The van der Waals surface area contributed by atoms with Crippen molar-refractivity contribution in [2.75, 3.05) is 20.8 Å². The molecule has 2 aliphatic heterocycles. The number of hydrogen-bond donors (Lipinski definition) is 0. The van der Waals surface area contributed by atoms with E-state index in [0.717, 1.165) is 28.7 Å².